The molecule has 0 aromatic rings. The molecular weight excluding hydrogens is 177 g/mol. The summed E-state index contributed by atoms with van der Waals surface area (Å²) in [6.45, 7) is 2.70. The number of halogens is 1. The number of aliphatic hydroxyl groups is 1. The molecule has 0 saturated carbocycles. The summed E-state index contributed by atoms with van der Waals surface area (Å²) >= 11 is 0. The molecule has 76 valence electrons. The maximum absolute atomic E-state index is 12.9. The third-order valence-corrected chi connectivity index (χ3v) is 2.01. The third kappa shape index (κ3) is 2.63. The summed E-state index contributed by atoms with van der Waals surface area (Å²) in [5, 5.41) is 11.6. The predicted molar refractivity (Wildman–Crippen MR) is 43.7 cm³/mol. The van der Waals surface area contributed by atoms with Crippen LogP contribution < -0.4 is 5.32 Å². The largest absolute Gasteiger partial charge is 0.368 e. The monoisotopic (exact) mass is 191 g/mol. The summed E-state index contributed by atoms with van der Waals surface area (Å²) < 4.78 is 17.8. The van der Waals surface area contributed by atoms with Gasteiger partial charge in [-0.05, 0) is 6.92 Å². The maximum Gasteiger partial charge on any atom is 0.217 e. The molecule has 0 aromatic carbocycles. The highest BCUT2D eigenvalue weighted by Gasteiger charge is 2.38. The van der Waals surface area contributed by atoms with Crippen LogP contribution in [0.5, 0.6) is 0 Å². The van der Waals surface area contributed by atoms with Crippen LogP contribution in [0.4, 0.5) is 4.39 Å². The van der Waals surface area contributed by atoms with Gasteiger partial charge >= 0.3 is 0 Å². The van der Waals surface area contributed by atoms with Gasteiger partial charge in [0.2, 0.25) is 5.91 Å². The zero-order valence-corrected chi connectivity index (χ0v) is 7.66. The topological polar surface area (TPSA) is 58.6 Å². The zero-order valence-electron chi connectivity index (χ0n) is 7.66. The third-order valence-electron chi connectivity index (χ3n) is 2.01. The number of ether oxygens (including phenoxy) is 1. The first-order valence-corrected chi connectivity index (χ1v) is 4.25. The Morgan fingerprint density at radius 1 is 1.77 bits per heavy atom. The number of aliphatic hydroxyl groups excluding tert-OH is 1. The quantitative estimate of drug-likeness (QED) is 0.643. The van der Waals surface area contributed by atoms with Crippen molar-refractivity contribution >= 4 is 5.91 Å². The lowest BCUT2D eigenvalue weighted by molar-refractivity contribution is -0.122. The van der Waals surface area contributed by atoms with E-state index in [0.29, 0.717) is 0 Å². The molecule has 1 amide bonds. The molecule has 5 heteroatoms. The molecule has 1 rings (SSSR count). The van der Waals surface area contributed by atoms with Crippen molar-refractivity contribution in [3.05, 3.63) is 0 Å². The Morgan fingerprint density at radius 3 is 2.85 bits per heavy atom. The number of carbonyl (C=O) groups is 1. The molecule has 4 nitrogen and oxygen atoms in total. The number of nitrogens with one attached hydrogen (secondary N) is 1. The van der Waals surface area contributed by atoms with E-state index in [1.807, 2.05) is 0 Å². The summed E-state index contributed by atoms with van der Waals surface area (Å²) in [5.74, 6) is -0.242. The van der Waals surface area contributed by atoms with Crippen LogP contribution in [-0.2, 0) is 9.53 Å². The van der Waals surface area contributed by atoms with Crippen molar-refractivity contribution in [1.82, 2.24) is 5.32 Å². The molecule has 2 N–H and O–H groups in total. The standard InChI is InChI=1S/C8H14FNO3/c1-4(9)8-6(10-5(2)11)3-7(12)13-8/h4,6-8,12H,3H2,1-2H3,(H,10,11). The molecule has 1 aliphatic heterocycles. The Hall–Kier alpha value is -0.680. The van der Waals surface area contributed by atoms with Gasteiger partial charge in [-0.25, -0.2) is 4.39 Å². The molecule has 0 spiro atoms. The second kappa shape index (κ2) is 4.02. The molecule has 13 heavy (non-hydrogen) atoms. The van der Waals surface area contributed by atoms with E-state index in [9.17, 15) is 9.18 Å². The van der Waals surface area contributed by atoms with Crippen LogP contribution >= 0.6 is 0 Å². The fourth-order valence-corrected chi connectivity index (χ4v) is 1.51. The van der Waals surface area contributed by atoms with Crippen LogP contribution in [-0.4, -0.2) is 35.6 Å². The van der Waals surface area contributed by atoms with Gasteiger partial charge < -0.3 is 15.2 Å². The highest BCUT2D eigenvalue weighted by Crippen LogP contribution is 2.22. The van der Waals surface area contributed by atoms with E-state index >= 15 is 0 Å². The van der Waals surface area contributed by atoms with Gasteiger partial charge in [-0.3, -0.25) is 4.79 Å². The molecule has 0 aliphatic carbocycles. The summed E-state index contributed by atoms with van der Waals surface area (Å²) in [4.78, 5) is 10.7. The molecule has 4 unspecified atom stereocenters. The van der Waals surface area contributed by atoms with Gasteiger partial charge in [0.1, 0.15) is 12.3 Å². The van der Waals surface area contributed by atoms with E-state index in [-0.39, 0.29) is 12.3 Å². The normalized spacial score (nSPS) is 35.8. The van der Waals surface area contributed by atoms with Crippen LogP contribution in [0.1, 0.15) is 20.3 Å². The van der Waals surface area contributed by atoms with Crippen LogP contribution in [0, 0.1) is 0 Å². The number of carbonyl (C=O) groups excluding carboxylic acids is 1. The van der Waals surface area contributed by atoms with Crippen molar-refractivity contribution in [2.75, 3.05) is 0 Å². The van der Waals surface area contributed by atoms with Gasteiger partial charge in [0.15, 0.2) is 6.29 Å². The predicted octanol–water partition coefficient (Wildman–Crippen LogP) is -0.0436. The van der Waals surface area contributed by atoms with E-state index < -0.39 is 24.6 Å². The van der Waals surface area contributed by atoms with Crippen molar-refractivity contribution in [2.24, 2.45) is 0 Å². The van der Waals surface area contributed by atoms with Gasteiger partial charge in [-0.2, -0.15) is 0 Å². The van der Waals surface area contributed by atoms with Crippen molar-refractivity contribution < 1.29 is 19.0 Å². The van der Waals surface area contributed by atoms with E-state index in [4.69, 9.17) is 9.84 Å². The lowest BCUT2D eigenvalue weighted by Gasteiger charge is -2.19. The smallest absolute Gasteiger partial charge is 0.217 e. The second-order valence-corrected chi connectivity index (χ2v) is 3.28. The lowest BCUT2D eigenvalue weighted by atomic mass is 10.1. The van der Waals surface area contributed by atoms with Crippen LogP contribution in [0.15, 0.2) is 0 Å². The fourth-order valence-electron chi connectivity index (χ4n) is 1.51. The molecule has 1 saturated heterocycles. The Kier molecular flexibility index (Phi) is 3.22. The van der Waals surface area contributed by atoms with Crippen molar-refractivity contribution in [3.63, 3.8) is 0 Å². The number of hydrogen-bond acceptors (Lipinski definition) is 3. The van der Waals surface area contributed by atoms with Gasteiger partial charge in [0, 0.05) is 13.3 Å². The second-order valence-electron chi connectivity index (χ2n) is 3.28. The van der Waals surface area contributed by atoms with Crippen LogP contribution in [0.3, 0.4) is 0 Å². The van der Waals surface area contributed by atoms with Gasteiger partial charge in [-0.1, -0.05) is 0 Å². The molecule has 1 heterocycles. The SMILES string of the molecule is CC(=O)NC1CC(O)OC1C(C)F. The number of alkyl halides is 1. The summed E-state index contributed by atoms with van der Waals surface area (Å²) in [5.41, 5.74) is 0. The van der Waals surface area contributed by atoms with E-state index in [0.717, 1.165) is 0 Å². The molecule has 1 fully saturated rings. The van der Waals surface area contributed by atoms with Crippen LogP contribution in [0.2, 0.25) is 0 Å². The van der Waals surface area contributed by atoms with Gasteiger partial charge in [-0.15, -0.1) is 0 Å². The van der Waals surface area contributed by atoms with Crippen molar-refractivity contribution in [1.29, 1.82) is 0 Å². The lowest BCUT2D eigenvalue weighted by Crippen LogP contribution is -2.42. The Bertz CT molecular complexity index is 198. The first kappa shape index (κ1) is 10.4. The minimum Gasteiger partial charge on any atom is -0.368 e. The first-order chi connectivity index (χ1) is 6.00. The number of rotatable bonds is 2. The summed E-state index contributed by atoms with van der Waals surface area (Å²) in [6, 6.07) is -0.424. The fraction of sp³-hybridized carbons (Fsp3) is 0.875. The molecule has 1 aliphatic rings. The molecular formula is C8H14FNO3. The average molecular weight is 191 g/mol. The highest BCUT2D eigenvalue weighted by molar-refractivity contribution is 5.73. The van der Waals surface area contributed by atoms with Gasteiger partial charge in [0.05, 0.1) is 6.04 Å². The molecule has 0 bridgehead atoms. The highest BCUT2D eigenvalue weighted by atomic mass is 19.1. The minimum absolute atomic E-state index is 0.242. The van der Waals surface area contributed by atoms with E-state index in [1.165, 1.54) is 13.8 Å². The molecule has 0 aromatic heterocycles. The van der Waals surface area contributed by atoms with E-state index in [1.54, 1.807) is 0 Å². The van der Waals surface area contributed by atoms with Gasteiger partial charge in [0.25, 0.3) is 0 Å². The Labute approximate surface area is 76.1 Å². The average Bonchev–Trinajstić information content (AvgIpc) is 2.29. The zero-order chi connectivity index (χ0) is 10.0. The molecule has 0 radical (unpaired) electrons. The summed E-state index contributed by atoms with van der Waals surface area (Å²) in [7, 11) is 0. The van der Waals surface area contributed by atoms with Crippen molar-refractivity contribution in [3.8, 4) is 0 Å². The molecule has 4 atom stereocenters. The van der Waals surface area contributed by atoms with E-state index in [2.05, 4.69) is 5.32 Å². The minimum atomic E-state index is -1.20. The number of amides is 1. The van der Waals surface area contributed by atoms with Crippen molar-refractivity contribution in [2.45, 2.75) is 44.9 Å². The Balaban J connectivity index is 2.55. The summed E-state index contributed by atoms with van der Waals surface area (Å²) in [6.07, 6.45) is -2.66. The first-order valence-electron chi connectivity index (χ1n) is 4.25. The Morgan fingerprint density at radius 2 is 2.38 bits per heavy atom. The number of hydrogen-bond donors (Lipinski definition) is 2. The maximum atomic E-state index is 12.9. The van der Waals surface area contributed by atoms with Crippen LogP contribution in [0.25, 0.3) is 0 Å².